The Morgan fingerprint density at radius 1 is 1.31 bits per heavy atom. The molecule has 0 amide bonds. The maximum Gasteiger partial charge on any atom is 0.422 e. The molecule has 11 heteroatoms. The molecule has 26 heavy (non-hydrogen) atoms. The fourth-order valence-electron chi connectivity index (χ4n) is 1.26. The van der Waals surface area contributed by atoms with Gasteiger partial charge in [0.2, 0.25) is 0 Å². The average molecular weight is 387 g/mol. The molecule has 1 aromatic rings. The monoisotopic (exact) mass is 387 g/mol. The Labute approximate surface area is 146 Å². The summed E-state index contributed by atoms with van der Waals surface area (Å²) in [5, 5.41) is 17.2. The summed E-state index contributed by atoms with van der Waals surface area (Å²) in [6.07, 6.45) is -8.07. The van der Waals surface area contributed by atoms with Crippen molar-refractivity contribution in [1.29, 1.82) is 5.26 Å². The number of ether oxygens (including phenoxy) is 1. The van der Waals surface area contributed by atoms with Crippen molar-refractivity contribution in [3.05, 3.63) is 36.2 Å². The molecule has 0 aliphatic carbocycles. The summed E-state index contributed by atoms with van der Waals surface area (Å²) in [4.78, 5) is 3.43. The molecular formula is C15H19F6N3O2. The largest absolute Gasteiger partial charge is 0.502 e. The number of nitrogens with two attached hydrogens (primary N) is 1. The van der Waals surface area contributed by atoms with Crippen molar-refractivity contribution < 1.29 is 36.2 Å². The summed E-state index contributed by atoms with van der Waals surface area (Å²) < 4.78 is 76.8. The minimum absolute atomic E-state index is 0. The van der Waals surface area contributed by atoms with Crippen LogP contribution in [0.3, 0.4) is 0 Å². The van der Waals surface area contributed by atoms with E-state index in [0.717, 1.165) is 24.6 Å². The van der Waals surface area contributed by atoms with E-state index in [4.69, 9.17) is 16.1 Å². The summed E-state index contributed by atoms with van der Waals surface area (Å²) in [6.45, 7) is 1.78. The quantitative estimate of drug-likeness (QED) is 0.600. The number of anilines is 1. The third kappa shape index (κ3) is 8.57. The Morgan fingerprint density at radius 3 is 2.23 bits per heavy atom. The number of aromatic nitrogens is 1. The Balaban J connectivity index is 0. The summed E-state index contributed by atoms with van der Waals surface area (Å²) in [5.41, 5.74) is 1.14. The SMILES string of the molecule is C.CCO/C=C/C(O)(CC#N)C(F)(F)F.Nc1cc(C(F)(F)F)ccn1. The number of halogens is 6. The van der Waals surface area contributed by atoms with E-state index < -0.39 is 29.9 Å². The number of hydrogen-bond donors (Lipinski definition) is 2. The Morgan fingerprint density at radius 2 is 1.88 bits per heavy atom. The molecule has 5 nitrogen and oxygen atoms in total. The van der Waals surface area contributed by atoms with Gasteiger partial charge in [0.25, 0.3) is 0 Å². The molecule has 1 atom stereocenters. The third-order valence-electron chi connectivity index (χ3n) is 2.55. The predicted octanol–water partition coefficient (Wildman–Crippen LogP) is 4.06. The van der Waals surface area contributed by atoms with Gasteiger partial charge >= 0.3 is 12.4 Å². The van der Waals surface area contributed by atoms with Crippen molar-refractivity contribution >= 4 is 5.82 Å². The Hall–Kier alpha value is -2.48. The zero-order valence-corrected chi connectivity index (χ0v) is 12.9. The third-order valence-corrected chi connectivity index (χ3v) is 2.55. The summed E-state index contributed by atoms with van der Waals surface area (Å²) >= 11 is 0. The second kappa shape index (κ2) is 10.5. The first-order valence-corrected chi connectivity index (χ1v) is 6.61. The van der Waals surface area contributed by atoms with E-state index in [-0.39, 0.29) is 19.9 Å². The summed E-state index contributed by atoms with van der Waals surface area (Å²) in [6, 6.07) is 2.93. The van der Waals surface area contributed by atoms with Crippen LogP contribution in [0.4, 0.5) is 32.2 Å². The number of rotatable bonds is 4. The minimum atomic E-state index is -4.88. The fourth-order valence-corrected chi connectivity index (χ4v) is 1.26. The number of nitriles is 1. The number of hydrogen-bond acceptors (Lipinski definition) is 5. The van der Waals surface area contributed by atoms with Gasteiger partial charge in [0.15, 0.2) is 5.60 Å². The van der Waals surface area contributed by atoms with Gasteiger partial charge < -0.3 is 15.6 Å². The van der Waals surface area contributed by atoms with Crippen LogP contribution in [-0.4, -0.2) is 28.5 Å². The molecular weight excluding hydrogens is 368 g/mol. The van der Waals surface area contributed by atoms with E-state index in [0.29, 0.717) is 6.08 Å². The van der Waals surface area contributed by atoms with E-state index in [1.165, 1.54) is 6.07 Å². The van der Waals surface area contributed by atoms with Crippen LogP contribution in [0.15, 0.2) is 30.7 Å². The summed E-state index contributed by atoms with van der Waals surface area (Å²) in [7, 11) is 0. The van der Waals surface area contributed by atoms with Gasteiger partial charge in [-0.05, 0) is 25.1 Å². The van der Waals surface area contributed by atoms with Crippen molar-refractivity contribution in [2.75, 3.05) is 12.3 Å². The number of pyridine rings is 1. The Kier molecular flexibility index (Phi) is 10.4. The first-order chi connectivity index (χ1) is 11.4. The van der Waals surface area contributed by atoms with Gasteiger partial charge in [-0.3, -0.25) is 0 Å². The molecule has 0 bridgehead atoms. The van der Waals surface area contributed by atoms with Crippen molar-refractivity contribution in [1.82, 2.24) is 4.98 Å². The van der Waals surface area contributed by atoms with Crippen LogP contribution in [0.5, 0.6) is 0 Å². The van der Waals surface area contributed by atoms with Gasteiger partial charge in [0.05, 0.1) is 30.9 Å². The molecule has 0 saturated carbocycles. The topological polar surface area (TPSA) is 92.2 Å². The molecule has 1 heterocycles. The molecule has 0 fully saturated rings. The second-order valence-electron chi connectivity index (χ2n) is 4.48. The summed E-state index contributed by atoms with van der Waals surface area (Å²) in [5.74, 6) is -0.125. The molecule has 1 rings (SSSR count). The smallest absolute Gasteiger partial charge is 0.422 e. The maximum atomic E-state index is 12.2. The minimum Gasteiger partial charge on any atom is -0.502 e. The van der Waals surface area contributed by atoms with Gasteiger partial charge in [0.1, 0.15) is 5.82 Å². The van der Waals surface area contributed by atoms with E-state index >= 15 is 0 Å². The lowest BCUT2D eigenvalue weighted by atomic mass is 10.0. The van der Waals surface area contributed by atoms with Crippen LogP contribution in [0.25, 0.3) is 0 Å². The lowest BCUT2D eigenvalue weighted by molar-refractivity contribution is -0.238. The van der Waals surface area contributed by atoms with Crippen molar-refractivity contribution in [3.8, 4) is 6.07 Å². The second-order valence-corrected chi connectivity index (χ2v) is 4.48. The molecule has 0 aromatic carbocycles. The van der Waals surface area contributed by atoms with Crippen molar-refractivity contribution in [3.63, 3.8) is 0 Å². The van der Waals surface area contributed by atoms with Gasteiger partial charge in [-0.15, -0.1) is 0 Å². The molecule has 0 saturated heterocycles. The zero-order valence-electron chi connectivity index (χ0n) is 12.9. The van der Waals surface area contributed by atoms with Gasteiger partial charge in [-0.1, -0.05) is 7.43 Å². The number of alkyl halides is 6. The van der Waals surface area contributed by atoms with E-state index in [1.807, 2.05) is 0 Å². The predicted molar refractivity (Wildman–Crippen MR) is 82.4 cm³/mol. The van der Waals surface area contributed by atoms with Gasteiger partial charge in [-0.25, -0.2) is 4.98 Å². The van der Waals surface area contributed by atoms with Crippen LogP contribution in [0.2, 0.25) is 0 Å². The van der Waals surface area contributed by atoms with Crippen LogP contribution < -0.4 is 5.73 Å². The molecule has 0 aliphatic heterocycles. The van der Waals surface area contributed by atoms with E-state index in [9.17, 15) is 26.3 Å². The number of nitrogens with zero attached hydrogens (tertiary/aromatic N) is 2. The van der Waals surface area contributed by atoms with E-state index in [2.05, 4.69) is 9.72 Å². The van der Waals surface area contributed by atoms with Crippen LogP contribution >= 0.6 is 0 Å². The highest BCUT2D eigenvalue weighted by atomic mass is 19.4. The average Bonchev–Trinajstić information content (AvgIpc) is 2.46. The molecule has 1 unspecified atom stereocenters. The molecule has 0 spiro atoms. The Bertz CT molecular complexity index is 611. The highest BCUT2D eigenvalue weighted by Crippen LogP contribution is 2.34. The zero-order chi connectivity index (χ0) is 19.7. The van der Waals surface area contributed by atoms with Crippen LogP contribution in [0.1, 0.15) is 26.3 Å². The lowest BCUT2D eigenvalue weighted by Gasteiger charge is -2.24. The molecule has 0 aliphatic rings. The standard InChI is InChI=1S/C8H10F3NO2.C6H5F3N2.CH4/c1-2-14-6-4-7(13,3-5-12)8(9,10)11;7-6(8,9)4-1-2-11-5(10)3-4;/h4,6,13H,2-3H2,1H3;1-3H,(H2,10,11);1H4/b6-4+;;. The van der Waals surface area contributed by atoms with Gasteiger partial charge in [0, 0.05) is 6.20 Å². The first kappa shape index (κ1) is 25.8. The van der Waals surface area contributed by atoms with Crippen molar-refractivity contribution in [2.24, 2.45) is 0 Å². The molecule has 1 aromatic heterocycles. The number of aliphatic hydroxyl groups is 1. The van der Waals surface area contributed by atoms with Gasteiger partial charge in [-0.2, -0.15) is 31.6 Å². The van der Waals surface area contributed by atoms with Crippen LogP contribution in [-0.2, 0) is 10.9 Å². The maximum absolute atomic E-state index is 12.2. The van der Waals surface area contributed by atoms with Crippen LogP contribution in [0, 0.1) is 11.3 Å². The highest BCUT2D eigenvalue weighted by Gasteiger charge is 2.52. The lowest BCUT2D eigenvalue weighted by Crippen LogP contribution is -2.43. The first-order valence-electron chi connectivity index (χ1n) is 6.61. The fraction of sp³-hybridized carbons (Fsp3) is 0.467. The van der Waals surface area contributed by atoms with E-state index in [1.54, 1.807) is 6.92 Å². The highest BCUT2D eigenvalue weighted by molar-refractivity contribution is 5.33. The normalized spacial score (nSPS) is 13.7. The molecule has 0 radical (unpaired) electrons. The number of nitrogen functional groups attached to an aromatic ring is 1. The molecule has 3 N–H and O–H groups in total. The molecule has 148 valence electrons. The van der Waals surface area contributed by atoms with Crippen molar-refractivity contribution in [2.45, 2.75) is 38.7 Å².